The Morgan fingerprint density at radius 1 is 1.14 bits per heavy atom. The predicted molar refractivity (Wildman–Crippen MR) is 109 cm³/mol. The third kappa shape index (κ3) is 4.52. The van der Waals surface area contributed by atoms with Crippen LogP contribution in [0.1, 0.15) is 15.9 Å². The Kier molecular flexibility index (Phi) is 6.40. The van der Waals surface area contributed by atoms with E-state index in [0.717, 1.165) is 17.0 Å². The Morgan fingerprint density at radius 3 is 2.59 bits per heavy atom. The zero-order valence-corrected chi connectivity index (χ0v) is 17.8. The quantitative estimate of drug-likeness (QED) is 0.316. The molecule has 0 atom stereocenters. The van der Waals surface area contributed by atoms with Gasteiger partial charge in [0.1, 0.15) is 11.8 Å². The summed E-state index contributed by atoms with van der Waals surface area (Å²) in [5.74, 6) is -0.795. The van der Waals surface area contributed by atoms with E-state index < -0.39 is 16.0 Å². The molecule has 0 radical (unpaired) electrons. The van der Waals surface area contributed by atoms with Crippen LogP contribution in [0.5, 0.6) is 0 Å². The second-order valence-electron chi connectivity index (χ2n) is 5.95. The highest BCUT2D eigenvalue weighted by Crippen LogP contribution is 2.25. The average molecular weight is 455 g/mol. The number of nitrogens with zero attached hydrogens (tertiary/aromatic N) is 2. The van der Waals surface area contributed by atoms with Gasteiger partial charge in [-0.25, -0.2) is 18.2 Å². The molecule has 29 heavy (non-hydrogen) atoms. The van der Waals surface area contributed by atoms with E-state index in [1.54, 1.807) is 6.07 Å². The molecule has 0 aliphatic rings. The minimum atomic E-state index is -3.95. The largest absolute Gasteiger partial charge is 0.457 e. The Morgan fingerprint density at radius 2 is 1.86 bits per heavy atom. The van der Waals surface area contributed by atoms with Gasteiger partial charge in [-0.2, -0.15) is 0 Å². The molecule has 3 aromatic rings. The Bertz CT molecular complexity index is 1180. The lowest BCUT2D eigenvalue weighted by atomic mass is 10.1. The number of halogens is 2. The van der Waals surface area contributed by atoms with Gasteiger partial charge in [0.25, 0.3) is 10.0 Å². The van der Waals surface area contributed by atoms with Gasteiger partial charge >= 0.3 is 5.97 Å². The number of esters is 1. The van der Waals surface area contributed by atoms with Crippen LogP contribution in [-0.2, 0) is 26.2 Å². The number of aromatic nitrogens is 1. The molecular formula is C19H16Cl2N2O5S. The molecule has 7 nitrogen and oxygen atoms in total. The maximum Gasteiger partial charge on any atom is 0.340 e. The molecular weight excluding hydrogens is 439 g/mol. The molecule has 1 heterocycles. The predicted octanol–water partition coefficient (Wildman–Crippen LogP) is 4.08. The summed E-state index contributed by atoms with van der Waals surface area (Å²) in [6.45, 7) is -0.152. The molecule has 10 heteroatoms. The molecule has 0 unspecified atom stereocenters. The summed E-state index contributed by atoms with van der Waals surface area (Å²) in [7, 11) is -1.50. The first kappa shape index (κ1) is 21.5. The monoisotopic (exact) mass is 454 g/mol. The van der Waals surface area contributed by atoms with Crippen molar-refractivity contribution in [2.75, 3.05) is 14.2 Å². The molecule has 0 fully saturated rings. The smallest absolute Gasteiger partial charge is 0.340 e. The minimum Gasteiger partial charge on any atom is -0.457 e. The van der Waals surface area contributed by atoms with Crippen molar-refractivity contribution in [2.45, 2.75) is 11.5 Å². The van der Waals surface area contributed by atoms with E-state index in [0.29, 0.717) is 10.0 Å². The van der Waals surface area contributed by atoms with Crippen LogP contribution in [0.15, 0.2) is 53.4 Å². The van der Waals surface area contributed by atoms with Gasteiger partial charge in [-0.1, -0.05) is 45.9 Å². The number of hydroxylamine groups is 1. The molecule has 3 rings (SSSR count). The topological polar surface area (TPSA) is 85.8 Å². The molecule has 0 bridgehead atoms. The maximum absolute atomic E-state index is 12.5. The molecule has 0 spiro atoms. The van der Waals surface area contributed by atoms with E-state index in [4.69, 9.17) is 32.8 Å². The number of para-hydroxylation sites is 1. The van der Waals surface area contributed by atoms with Crippen LogP contribution in [0.4, 0.5) is 0 Å². The van der Waals surface area contributed by atoms with E-state index in [-0.39, 0.29) is 27.2 Å². The molecule has 0 saturated heterocycles. The van der Waals surface area contributed by atoms with Crippen LogP contribution in [0, 0.1) is 0 Å². The van der Waals surface area contributed by atoms with Gasteiger partial charge in [0.2, 0.25) is 0 Å². The van der Waals surface area contributed by atoms with Crippen molar-refractivity contribution in [2.24, 2.45) is 0 Å². The minimum absolute atomic E-state index is 0.0525. The molecule has 0 N–H and O–H groups in total. The molecule has 0 aliphatic carbocycles. The summed E-state index contributed by atoms with van der Waals surface area (Å²) in [6, 6.07) is 12.9. The van der Waals surface area contributed by atoms with Gasteiger partial charge in [0.15, 0.2) is 0 Å². The highest BCUT2D eigenvalue weighted by molar-refractivity contribution is 7.89. The number of carbonyl (C=O) groups excluding carboxylic acids is 1. The highest BCUT2D eigenvalue weighted by Gasteiger charge is 2.24. The van der Waals surface area contributed by atoms with Crippen molar-refractivity contribution < 1.29 is 22.8 Å². The Labute approximate surface area is 177 Å². The SMILES string of the molecule is CON(C)S(=O)(=O)c1ccc(Cl)c(C(=O)OCc2cc3ccccc3nc2Cl)c1. The number of sulfonamides is 1. The molecule has 0 amide bonds. The van der Waals surface area contributed by atoms with Crippen molar-refractivity contribution in [3.63, 3.8) is 0 Å². The lowest BCUT2D eigenvalue weighted by molar-refractivity contribution is -0.0258. The summed E-state index contributed by atoms with van der Waals surface area (Å²) in [4.78, 5) is 21.4. The lowest BCUT2D eigenvalue weighted by Crippen LogP contribution is -2.26. The first-order chi connectivity index (χ1) is 13.7. The fourth-order valence-electron chi connectivity index (χ4n) is 2.53. The van der Waals surface area contributed by atoms with Crippen molar-refractivity contribution in [3.8, 4) is 0 Å². The second kappa shape index (κ2) is 8.64. The standard InChI is InChI=1S/C19H16Cl2N2O5S/c1-23(27-2)29(25,26)14-7-8-16(20)15(10-14)19(24)28-11-13-9-12-5-3-4-6-17(12)22-18(13)21/h3-10H,11H2,1-2H3. The molecule has 0 saturated carbocycles. The summed E-state index contributed by atoms with van der Waals surface area (Å²) >= 11 is 12.2. The van der Waals surface area contributed by atoms with E-state index in [2.05, 4.69) is 4.98 Å². The van der Waals surface area contributed by atoms with Gasteiger partial charge in [0, 0.05) is 18.0 Å². The van der Waals surface area contributed by atoms with Crippen LogP contribution >= 0.6 is 23.2 Å². The number of fused-ring (bicyclic) bond motifs is 1. The van der Waals surface area contributed by atoms with Crippen molar-refractivity contribution in [3.05, 3.63) is 69.8 Å². The van der Waals surface area contributed by atoms with Crippen LogP contribution in [0.2, 0.25) is 10.2 Å². The van der Waals surface area contributed by atoms with Gasteiger partial charge in [-0.05, 0) is 30.3 Å². The molecule has 152 valence electrons. The third-order valence-electron chi connectivity index (χ3n) is 4.16. The zero-order chi connectivity index (χ0) is 21.2. The van der Waals surface area contributed by atoms with Crippen LogP contribution in [0.25, 0.3) is 10.9 Å². The van der Waals surface area contributed by atoms with Crippen molar-refractivity contribution >= 4 is 50.1 Å². The number of rotatable bonds is 6. The fourth-order valence-corrected chi connectivity index (χ4v) is 3.92. The fraction of sp³-hybridized carbons (Fsp3) is 0.158. The second-order valence-corrected chi connectivity index (χ2v) is 8.65. The number of ether oxygens (including phenoxy) is 1. The first-order valence-corrected chi connectivity index (χ1v) is 10.5. The summed E-state index contributed by atoms with van der Waals surface area (Å²) < 4.78 is 30.7. The summed E-state index contributed by atoms with van der Waals surface area (Å²) in [6.07, 6.45) is 0. The molecule has 0 aliphatic heterocycles. The third-order valence-corrected chi connectivity index (χ3v) is 6.49. The Balaban J connectivity index is 1.84. The average Bonchev–Trinajstić information content (AvgIpc) is 2.71. The molecule has 1 aromatic heterocycles. The van der Waals surface area contributed by atoms with E-state index in [9.17, 15) is 13.2 Å². The molecule has 2 aromatic carbocycles. The highest BCUT2D eigenvalue weighted by atomic mass is 35.5. The first-order valence-electron chi connectivity index (χ1n) is 8.28. The van der Waals surface area contributed by atoms with Crippen LogP contribution in [-0.4, -0.2) is 38.0 Å². The number of hydrogen-bond donors (Lipinski definition) is 0. The number of hydrogen-bond acceptors (Lipinski definition) is 6. The zero-order valence-electron chi connectivity index (χ0n) is 15.4. The number of benzene rings is 2. The van der Waals surface area contributed by atoms with Gasteiger partial charge in [0.05, 0.1) is 28.1 Å². The Hall–Kier alpha value is -2.23. The van der Waals surface area contributed by atoms with E-state index >= 15 is 0 Å². The maximum atomic E-state index is 12.5. The number of pyridine rings is 1. The summed E-state index contributed by atoms with van der Waals surface area (Å²) in [5, 5.41) is 1.11. The van der Waals surface area contributed by atoms with Gasteiger partial charge in [-0.3, -0.25) is 4.84 Å². The van der Waals surface area contributed by atoms with Crippen LogP contribution < -0.4 is 0 Å². The lowest BCUT2D eigenvalue weighted by Gasteiger charge is -2.15. The summed E-state index contributed by atoms with van der Waals surface area (Å²) in [5.41, 5.74) is 1.13. The van der Waals surface area contributed by atoms with Gasteiger partial charge in [-0.15, -0.1) is 0 Å². The number of carbonyl (C=O) groups is 1. The van der Waals surface area contributed by atoms with E-state index in [1.165, 1.54) is 26.3 Å². The van der Waals surface area contributed by atoms with Gasteiger partial charge < -0.3 is 4.74 Å². The normalized spacial score (nSPS) is 11.8. The van der Waals surface area contributed by atoms with Crippen molar-refractivity contribution in [1.29, 1.82) is 0 Å². The van der Waals surface area contributed by atoms with E-state index in [1.807, 2.05) is 24.3 Å². The van der Waals surface area contributed by atoms with Crippen molar-refractivity contribution in [1.82, 2.24) is 9.45 Å². The van der Waals surface area contributed by atoms with Crippen LogP contribution in [0.3, 0.4) is 0 Å².